The highest BCUT2D eigenvalue weighted by atomic mass is 16.5. The van der Waals surface area contributed by atoms with Crippen molar-refractivity contribution in [3.8, 4) is 0 Å². The summed E-state index contributed by atoms with van der Waals surface area (Å²) in [5.74, 6) is 1.14. The summed E-state index contributed by atoms with van der Waals surface area (Å²) in [6.45, 7) is 5.22. The molecule has 1 atom stereocenters. The molecule has 0 aliphatic carbocycles. The molecule has 0 aromatic carbocycles. The van der Waals surface area contributed by atoms with Crippen molar-refractivity contribution in [1.82, 2.24) is 15.0 Å². The quantitative estimate of drug-likeness (QED) is 0.874. The lowest BCUT2D eigenvalue weighted by Crippen LogP contribution is -2.40. The van der Waals surface area contributed by atoms with Crippen molar-refractivity contribution < 1.29 is 9.32 Å². The summed E-state index contributed by atoms with van der Waals surface area (Å²) < 4.78 is 5.12. The minimum atomic E-state index is 0.0483. The van der Waals surface area contributed by atoms with Gasteiger partial charge in [-0.3, -0.25) is 9.78 Å². The maximum absolute atomic E-state index is 12.7. The fraction of sp³-hybridized carbons (Fsp3) is 0.471. The number of aromatic nitrogens is 2. The number of carbonyl (C=O) groups excluding carboxylic acids is 1. The van der Waals surface area contributed by atoms with Crippen molar-refractivity contribution >= 4 is 5.91 Å². The van der Waals surface area contributed by atoms with E-state index in [4.69, 9.17) is 4.52 Å². The van der Waals surface area contributed by atoms with Crippen molar-refractivity contribution in [2.24, 2.45) is 5.92 Å². The van der Waals surface area contributed by atoms with E-state index in [0.29, 0.717) is 22.9 Å². The first-order chi connectivity index (χ1) is 10.6. The number of hydrogen-bond acceptors (Lipinski definition) is 4. The number of carbonyl (C=O) groups is 1. The van der Waals surface area contributed by atoms with Crippen LogP contribution in [0.2, 0.25) is 0 Å². The molecule has 2 aromatic rings. The molecule has 0 bridgehead atoms. The summed E-state index contributed by atoms with van der Waals surface area (Å²) in [7, 11) is 0. The van der Waals surface area contributed by atoms with Gasteiger partial charge in [0.1, 0.15) is 11.3 Å². The fourth-order valence-corrected chi connectivity index (χ4v) is 3.21. The van der Waals surface area contributed by atoms with Crippen LogP contribution in [-0.2, 0) is 6.42 Å². The number of rotatable bonds is 3. The molecule has 1 aliphatic rings. The van der Waals surface area contributed by atoms with E-state index >= 15 is 0 Å². The Labute approximate surface area is 130 Å². The molecule has 1 aliphatic heterocycles. The Morgan fingerprint density at radius 3 is 3.00 bits per heavy atom. The molecular formula is C17H21N3O2. The Balaban J connectivity index is 1.69. The van der Waals surface area contributed by atoms with Gasteiger partial charge in [0.05, 0.1) is 5.69 Å². The molecule has 116 valence electrons. The molecule has 2 aromatic heterocycles. The molecule has 0 spiro atoms. The van der Waals surface area contributed by atoms with Crippen LogP contribution in [0.1, 0.15) is 40.2 Å². The maximum atomic E-state index is 12.7. The summed E-state index contributed by atoms with van der Waals surface area (Å²) in [6.07, 6.45) is 6.87. The van der Waals surface area contributed by atoms with Crippen LogP contribution in [0.3, 0.4) is 0 Å². The van der Waals surface area contributed by atoms with Crippen LogP contribution in [-0.4, -0.2) is 34.0 Å². The Morgan fingerprint density at radius 1 is 1.45 bits per heavy atom. The van der Waals surface area contributed by atoms with Crippen LogP contribution in [0.5, 0.6) is 0 Å². The van der Waals surface area contributed by atoms with Crippen LogP contribution in [0.4, 0.5) is 0 Å². The third kappa shape index (κ3) is 3.03. The first-order valence-electron chi connectivity index (χ1n) is 7.76. The van der Waals surface area contributed by atoms with E-state index in [1.165, 1.54) is 5.56 Å². The summed E-state index contributed by atoms with van der Waals surface area (Å²) >= 11 is 0. The molecule has 1 fully saturated rings. The van der Waals surface area contributed by atoms with Crippen molar-refractivity contribution in [2.75, 3.05) is 13.1 Å². The van der Waals surface area contributed by atoms with E-state index in [9.17, 15) is 4.79 Å². The minimum Gasteiger partial charge on any atom is -0.361 e. The molecule has 3 heterocycles. The predicted octanol–water partition coefficient (Wildman–Crippen LogP) is 2.78. The Bertz CT molecular complexity index is 632. The van der Waals surface area contributed by atoms with Gasteiger partial charge in [-0.05, 0) is 50.7 Å². The summed E-state index contributed by atoms with van der Waals surface area (Å²) in [5, 5.41) is 3.89. The van der Waals surface area contributed by atoms with Gasteiger partial charge in [-0.2, -0.15) is 0 Å². The van der Waals surface area contributed by atoms with Crippen molar-refractivity contribution in [1.29, 1.82) is 0 Å². The van der Waals surface area contributed by atoms with E-state index in [2.05, 4.69) is 16.2 Å². The normalized spacial score (nSPS) is 18.5. The largest absolute Gasteiger partial charge is 0.361 e. The Kier molecular flexibility index (Phi) is 4.22. The molecule has 1 amide bonds. The highest BCUT2D eigenvalue weighted by Gasteiger charge is 2.28. The van der Waals surface area contributed by atoms with Crippen molar-refractivity contribution in [3.05, 3.63) is 47.1 Å². The second-order valence-corrected chi connectivity index (χ2v) is 6.02. The highest BCUT2D eigenvalue weighted by Crippen LogP contribution is 2.23. The van der Waals surface area contributed by atoms with Gasteiger partial charge >= 0.3 is 0 Å². The molecule has 1 saturated heterocycles. The van der Waals surface area contributed by atoms with Gasteiger partial charge in [-0.25, -0.2) is 0 Å². The zero-order valence-corrected chi connectivity index (χ0v) is 13.1. The number of nitrogens with zero attached hydrogens (tertiary/aromatic N) is 3. The molecule has 1 unspecified atom stereocenters. The lowest BCUT2D eigenvalue weighted by Gasteiger charge is -2.32. The number of aryl methyl sites for hydroxylation is 2. The number of pyridine rings is 1. The standard InChI is InChI=1S/C17H21N3O2/c1-12-16(13(2)22-19-12)17(21)20-8-4-6-15(11-20)9-14-5-3-7-18-10-14/h3,5,7,10,15H,4,6,8-9,11H2,1-2H3. The monoisotopic (exact) mass is 299 g/mol. The lowest BCUT2D eigenvalue weighted by molar-refractivity contribution is 0.0671. The van der Waals surface area contributed by atoms with E-state index in [1.807, 2.05) is 24.1 Å². The average Bonchev–Trinajstić information content (AvgIpc) is 2.87. The second-order valence-electron chi connectivity index (χ2n) is 6.02. The smallest absolute Gasteiger partial charge is 0.259 e. The number of hydrogen-bond donors (Lipinski definition) is 0. The minimum absolute atomic E-state index is 0.0483. The molecule has 5 nitrogen and oxygen atoms in total. The lowest BCUT2D eigenvalue weighted by atomic mass is 9.91. The van der Waals surface area contributed by atoms with Gasteiger partial charge < -0.3 is 9.42 Å². The van der Waals surface area contributed by atoms with Gasteiger partial charge in [0.25, 0.3) is 5.91 Å². The number of amides is 1. The van der Waals surface area contributed by atoms with Gasteiger partial charge in [-0.1, -0.05) is 11.2 Å². The van der Waals surface area contributed by atoms with Gasteiger partial charge in [0.15, 0.2) is 0 Å². The Morgan fingerprint density at radius 2 is 2.32 bits per heavy atom. The van der Waals surface area contributed by atoms with Crippen LogP contribution < -0.4 is 0 Å². The average molecular weight is 299 g/mol. The van der Waals surface area contributed by atoms with Gasteiger partial charge in [0.2, 0.25) is 0 Å². The molecule has 22 heavy (non-hydrogen) atoms. The zero-order valence-electron chi connectivity index (χ0n) is 13.1. The molecular weight excluding hydrogens is 278 g/mol. The van der Waals surface area contributed by atoms with Crippen molar-refractivity contribution in [3.63, 3.8) is 0 Å². The summed E-state index contributed by atoms with van der Waals surface area (Å²) in [5.41, 5.74) is 2.54. The van der Waals surface area contributed by atoms with Gasteiger partial charge in [-0.15, -0.1) is 0 Å². The first-order valence-corrected chi connectivity index (χ1v) is 7.76. The highest BCUT2D eigenvalue weighted by molar-refractivity contribution is 5.96. The molecule has 5 heteroatoms. The molecule has 3 rings (SSSR count). The van der Waals surface area contributed by atoms with Crippen LogP contribution in [0, 0.1) is 19.8 Å². The maximum Gasteiger partial charge on any atom is 0.259 e. The molecule has 0 saturated carbocycles. The predicted molar refractivity (Wildman–Crippen MR) is 82.5 cm³/mol. The third-order valence-electron chi connectivity index (χ3n) is 4.30. The fourth-order valence-electron chi connectivity index (χ4n) is 3.21. The number of piperidine rings is 1. The summed E-state index contributed by atoms with van der Waals surface area (Å²) in [4.78, 5) is 18.8. The van der Waals surface area contributed by atoms with E-state index in [0.717, 1.165) is 32.4 Å². The molecule has 0 radical (unpaired) electrons. The third-order valence-corrected chi connectivity index (χ3v) is 4.30. The van der Waals surface area contributed by atoms with Crippen LogP contribution in [0.25, 0.3) is 0 Å². The van der Waals surface area contributed by atoms with Crippen molar-refractivity contribution in [2.45, 2.75) is 33.1 Å². The second kappa shape index (κ2) is 6.30. The van der Waals surface area contributed by atoms with Crippen LogP contribution >= 0.6 is 0 Å². The first kappa shape index (κ1) is 14.8. The zero-order chi connectivity index (χ0) is 15.5. The number of likely N-dealkylation sites (tertiary alicyclic amines) is 1. The SMILES string of the molecule is Cc1noc(C)c1C(=O)N1CCCC(Cc2cccnc2)C1. The van der Waals surface area contributed by atoms with Crippen LogP contribution in [0.15, 0.2) is 29.0 Å². The van der Waals surface area contributed by atoms with E-state index in [-0.39, 0.29) is 5.91 Å². The van der Waals surface area contributed by atoms with E-state index < -0.39 is 0 Å². The Hall–Kier alpha value is -2.17. The summed E-state index contributed by atoms with van der Waals surface area (Å²) in [6, 6.07) is 4.06. The van der Waals surface area contributed by atoms with E-state index in [1.54, 1.807) is 13.1 Å². The molecule has 0 N–H and O–H groups in total. The topological polar surface area (TPSA) is 59.2 Å². The van der Waals surface area contributed by atoms with Gasteiger partial charge in [0, 0.05) is 25.5 Å².